The molecule has 0 spiro atoms. The second kappa shape index (κ2) is 3.38. The maximum absolute atomic E-state index is 8.49. The summed E-state index contributed by atoms with van der Waals surface area (Å²) >= 11 is 1.69. The van der Waals surface area contributed by atoms with Crippen LogP contribution in [0, 0.1) is 0 Å². The van der Waals surface area contributed by atoms with Gasteiger partial charge in [0, 0.05) is 4.88 Å². The van der Waals surface area contributed by atoms with Gasteiger partial charge in [-0.05, 0) is 17.5 Å². The van der Waals surface area contributed by atoms with Gasteiger partial charge in [-0.2, -0.15) is 0 Å². The standard InChI is InChI=1S/C7H5NOS3/c9-8-7-4-6(11-12-7)5-2-1-3-10-5/h1-4,9H. The van der Waals surface area contributed by atoms with Gasteiger partial charge in [0.15, 0.2) is 4.67 Å². The summed E-state index contributed by atoms with van der Waals surface area (Å²) in [6.07, 6.45) is 0. The Morgan fingerprint density at radius 2 is 2.17 bits per heavy atom. The fourth-order valence-electron chi connectivity index (χ4n) is 0.824. The quantitative estimate of drug-likeness (QED) is 0.443. The largest absolute Gasteiger partial charge is 0.410 e. The molecule has 0 saturated heterocycles. The van der Waals surface area contributed by atoms with E-state index in [1.165, 1.54) is 20.1 Å². The number of hydrogen-bond donors (Lipinski definition) is 1. The van der Waals surface area contributed by atoms with Crippen molar-refractivity contribution in [2.24, 2.45) is 5.16 Å². The molecule has 0 saturated carbocycles. The first-order chi connectivity index (χ1) is 5.90. The van der Waals surface area contributed by atoms with E-state index in [-0.39, 0.29) is 0 Å². The summed E-state index contributed by atoms with van der Waals surface area (Å²) in [4.78, 5) is 2.40. The molecule has 0 unspecified atom stereocenters. The summed E-state index contributed by atoms with van der Waals surface area (Å²) in [6.45, 7) is 0. The molecule has 0 aliphatic carbocycles. The number of thiophene rings is 1. The zero-order valence-corrected chi connectivity index (χ0v) is 8.38. The van der Waals surface area contributed by atoms with Crippen molar-refractivity contribution in [1.29, 1.82) is 0 Å². The molecule has 0 aliphatic rings. The van der Waals surface area contributed by atoms with Gasteiger partial charge < -0.3 is 5.21 Å². The Kier molecular flexibility index (Phi) is 2.25. The molecule has 0 bridgehead atoms. The second-order valence-electron chi connectivity index (χ2n) is 2.09. The summed E-state index contributed by atoms with van der Waals surface area (Å²) in [5, 5.41) is 13.7. The molecule has 2 rings (SSSR count). The predicted molar refractivity (Wildman–Crippen MR) is 52.9 cm³/mol. The maximum Gasteiger partial charge on any atom is 0.166 e. The van der Waals surface area contributed by atoms with Crippen LogP contribution in [-0.2, 0) is 0 Å². The van der Waals surface area contributed by atoms with E-state index in [1.807, 2.05) is 17.5 Å². The molecule has 1 N–H and O–H groups in total. The van der Waals surface area contributed by atoms with Gasteiger partial charge in [0.1, 0.15) is 0 Å². The Morgan fingerprint density at radius 1 is 1.25 bits per heavy atom. The zero-order valence-electron chi connectivity index (χ0n) is 5.93. The van der Waals surface area contributed by atoms with Crippen molar-refractivity contribution in [2.45, 2.75) is 0 Å². The molecule has 12 heavy (non-hydrogen) atoms. The molecule has 62 valence electrons. The van der Waals surface area contributed by atoms with Crippen LogP contribution in [0.3, 0.4) is 0 Å². The summed E-state index contributed by atoms with van der Waals surface area (Å²) in [5.74, 6) is 0. The molecule has 0 aliphatic heterocycles. The smallest absolute Gasteiger partial charge is 0.166 e. The first kappa shape index (κ1) is 7.97. The molecular formula is C7H5NOS3. The van der Waals surface area contributed by atoms with Crippen LogP contribution in [0.1, 0.15) is 0 Å². The van der Waals surface area contributed by atoms with E-state index in [1.54, 1.807) is 21.7 Å². The Labute approximate surface area is 80.4 Å². The molecule has 2 aromatic rings. The minimum absolute atomic E-state index is 0.670. The van der Waals surface area contributed by atoms with Gasteiger partial charge in [-0.1, -0.05) is 31.9 Å². The third-order valence-electron chi connectivity index (χ3n) is 1.33. The summed E-state index contributed by atoms with van der Waals surface area (Å²) < 4.78 is 0.670. The highest BCUT2D eigenvalue weighted by atomic mass is 32.9. The van der Waals surface area contributed by atoms with Crippen molar-refractivity contribution in [3.8, 4) is 9.75 Å². The van der Waals surface area contributed by atoms with E-state index in [4.69, 9.17) is 5.21 Å². The average molecular weight is 215 g/mol. The lowest BCUT2D eigenvalue weighted by molar-refractivity contribution is 0.304. The first-order valence-corrected chi connectivity index (χ1v) is 6.25. The van der Waals surface area contributed by atoms with Crippen molar-refractivity contribution in [2.75, 3.05) is 0 Å². The highest BCUT2D eigenvalue weighted by molar-refractivity contribution is 7.70. The molecule has 2 heterocycles. The maximum atomic E-state index is 8.49. The monoisotopic (exact) mass is 215 g/mol. The SMILES string of the molecule is ON=c1cc(-c2cccs2)ss1. The fourth-order valence-corrected chi connectivity index (χ4v) is 3.83. The Bertz CT molecular complexity index is 412. The van der Waals surface area contributed by atoms with Crippen LogP contribution in [-0.4, -0.2) is 5.21 Å². The highest BCUT2D eigenvalue weighted by Crippen LogP contribution is 2.28. The van der Waals surface area contributed by atoms with Crippen molar-refractivity contribution < 1.29 is 5.21 Å². The van der Waals surface area contributed by atoms with Crippen LogP contribution in [0.15, 0.2) is 28.7 Å². The van der Waals surface area contributed by atoms with E-state index in [2.05, 4.69) is 11.2 Å². The van der Waals surface area contributed by atoms with Gasteiger partial charge in [0.2, 0.25) is 0 Å². The third kappa shape index (κ3) is 1.43. The van der Waals surface area contributed by atoms with E-state index in [0.717, 1.165) is 0 Å². The molecule has 0 amide bonds. The number of rotatable bonds is 1. The van der Waals surface area contributed by atoms with Gasteiger partial charge >= 0.3 is 0 Å². The first-order valence-electron chi connectivity index (χ1n) is 3.22. The van der Waals surface area contributed by atoms with Crippen molar-refractivity contribution in [3.63, 3.8) is 0 Å². The van der Waals surface area contributed by atoms with Crippen LogP contribution < -0.4 is 4.67 Å². The molecule has 5 heteroatoms. The molecule has 0 radical (unpaired) electrons. The van der Waals surface area contributed by atoms with E-state index < -0.39 is 0 Å². The Hall–Kier alpha value is -0.650. The van der Waals surface area contributed by atoms with E-state index >= 15 is 0 Å². The van der Waals surface area contributed by atoms with Crippen LogP contribution in [0.25, 0.3) is 9.75 Å². The topological polar surface area (TPSA) is 32.6 Å². The van der Waals surface area contributed by atoms with Crippen LogP contribution >= 0.6 is 32.0 Å². The molecule has 0 aromatic carbocycles. The second-order valence-corrected chi connectivity index (χ2v) is 5.23. The number of hydrogen-bond acceptors (Lipinski definition) is 5. The van der Waals surface area contributed by atoms with E-state index in [0.29, 0.717) is 4.67 Å². The lowest BCUT2D eigenvalue weighted by atomic mass is 10.4. The van der Waals surface area contributed by atoms with Gasteiger partial charge in [-0.15, -0.1) is 11.3 Å². The van der Waals surface area contributed by atoms with Crippen LogP contribution in [0.2, 0.25) is 0 Å². The summed E-state index contributed by atoms with van der Waals surface area (Å²) in [7, 11) is 3.11. The van der Waals surface area contributed by atoms with Crippen molar-refractivity contribution in [3.05, 3.63) is 28.3 Å². The lowest BCUT2D eigenvalue weighted by Crippen LogP contribution is -1.87. The molecule has 2 nitrogen and oxygen atoms in total. The van der Waals surface area contributed by atoms with Crippen molar-refractivity contribution >= 4 is 32.0 Å². The van der Waals surface area contributed by atoms with Gasteiger partial charge in [-0.25, -0.2) is 0 Å². The third-order valence-corrected chi connectivity index (χ3v) is 4.64. The summed E-state index contributed by atoms with van der Waals surface area (Å²) in [5.41, 5.74) is 0. The Balaban J connectivity index is 2.49. The predicted octanol–water partition coefficient (Wildman–Crippen LogP) is 2.83. The lowest BCUT2D eigenvalue weighted by Gasteiger charge is -1.83. The molecule has 2 aromatic heterocycles. The van der Waals surface area contributed by atoms with Gasteiger partial charge in [0.05, 0.1) is 4.88 Å². The van der Waals surface area contributed by atoms with E-state index in [9.17, 15) is 0 Å². The average Bonchev–Trinajstić information content (AvgIpc) is 2.75. The van der Waals surface area contributed by atoms with Crippen molar-refractivity contribution in [1.82, 2.24) is 0 Å². The molecule has 0 fully saturated rings. The molecule has 0 atom stereocenters. The van der Waals surface area contributed by atoms with Crippen LogP contribution in [0.4, 0.5) is 0 Å². The summed E-state index contributed by atoms with van der Waals surface area (Å²) in [6, 6.07) is 5.96. The van der Waals surface area contributed by atoms with Gasteiger partial charge in [0.25, 0.3) is 0 Å². The zero-order chi connectivity index (χ0) is 8.39. The Morgan fingerprint density at radius 3 is 2.75 bits per heavy atom. The van der Waals surface area contributed by atoms with Gasteiger partial charge in [-0.3, -0.25) is 0 Å². The number of nitrogens with zero attached hydrogens (tertiary/aromatic N) is 1. The highest BCUT2D eigenvalue weighted by Gasteiger charge is 2.00. The normalized spacial score (nSPS) is 12.2. The van der Waals surface area contributed by atoms with Crippen LogP contribution in [0.5, 0.6) is 0 Å². The minimum Gasteiger partial charge on any atom is -0.410 e. The fraction of sp³-hybridized carbons (Fsp3) is 0. The molecular weight excluding hydrogens is 210 g/mol. The minimum atomic E-state index is 0.670.